The Morgan fingerprint density at radius 2 is 2.00 bits per heavy atom. The van der Waals surface area contributed by atoms with E-state index in [9.17, 15) is 9.90 Å². The zero-order chi connectivity index (χ0) is 23.9. The molecule has 0 spiro atoms. The summed E-state index contributed by atoms with van der Waals surface area (Å²) in [6.07, 6.45) is 9.94. The average molecular weight is 469 g/mol. The van der Waals surface area contributed by atoms with Crippen LogP contribution in [0.1, 0.15) is 70.3 Å². The number of carboxylic acids is 1. The number of carbonyl (C=O) groups is 1. The van der Waals surface area contributed by atoms with Gasteiger partial charge in [0.1, 0.15) is 0 Å². The largest absolute Gasteiger partial charge is 0.481 e. The van der Waals surface area contributed by atoms with Crippen LogP contribution >= 0.6 is 0 Å². The summed E-state index contributed by atoms with van der Waals surface area (Å²) in [5.74, 6) is -0.187. The minimum absolute atomic E-state index is 0.0471. The molecule has 0 bridgehead atoms. The first-order chi connectivity index (χ1) is 16.5. The molecule has 2 unspecified atom stereocenters. The van der Waals surface area contributed by atoms with Crippen molar-refractivity contribution in [3.05, 3.63) is 36.2 Å². The van der Waals surface area contributed by atoms with Gasteiger partial charge < -0.3 is 25.2 Å². The molecule has 0 radical (unpaired) electrons. The van der Waals surface area contributed by atoms with Crippen molar-refractivity contribution in [3.63, 3.8) is 0 Å². The van der Waals surface area contributed by atoms with Gasteiger partial charge in [0, 0.05) is 12.6 Å². The minimum Gasteiger partial charge on any atom is -0.481 e. The van der Waals surface area contributed by atoms with Crippen LogP contribution in [0.5, 0.6) is 6.01 Å². The Balaban J connectivity index is 1.53. The van der Waals surface area contributed by atoms with Crippen LogP contribution in [0.3, 0.4) is 0 Å². The fraction of sp³-hybridized carbons (Fsp3) is 0.577. The van der Waals surface area contributed by atoms with E-state index < -0.39 is 5.97 Å². The SMILES string of the molecule is CCC(CC(=O)O)c1ccc(NC2CCO[C@@H](CC)C2)c(Nc2cnc(OCC3CC3)nc2)c1. The second-order valence-corrected chi connectivity index (χ2v) is 9.41. The Hall–Kier alpha value is -2.87. The number of hydrogen-bond donors (Lipinski definition) is 3. The molecule has 2 aromatic rings. The second-order valence-electron chi connectivity index (χ2n) is 9.41. The van der Waals surface area contributed by atoms with Crippen LogP contribution in [0, 0.1) is 5.92 Å². The first kappa shape index (κ1) is 24.3. The zero-order valence-corrected chi connectivity index (χ0v) is 20.1. The Morgan fingerprint density at radius 1 is 1.21 bits per heavy atom. The summed E-state index contributed by atoms with van der Waals surface area (Å²) in [5.41, 5.74) is 3.62. The molecule has 0 amide bonds. The van der Waals surface area contributed by atoms with Gasteiger partial charge in [0.05, 0.1) is 48.6 Å². The van der Waals surface area contributed by atoms with E-state index in [1.54, 1.807) is 12.4 Å². The fourth-order valence-corrected chi connectivity index (χ4v) is 4.36. The highest BCUT2D eigenvalue weighted by Gasteiger charge is 2.24. The fourth-order valence-electron chi connectivity index (χ4n) is 4.36. The van der Waals surface area contributed by atoms with Crippen molar-refractivity contribution in [1.29, 1.82) is 0 Å². The van der Waals surface area contributed by atoms with Crippen LogP contribution < -0.4 is 15.4 Å². The van der Waals surface area contributed by atoms with Gasteiger partial charge in [-0.3, -0.25) is 4.79 Å². The van der Waals surface area contributed by atoms with Crippen molar-refractivity contribution in [1.82, 2.24) is 9.97 Å². The Labute approximate surface area is 201 Å². The summed E-state index contributed by atoms with van der Waals surface area (Å²) in [6.45, 7) is 5.60. The van der Waals surface area contributed by atoms with Crippen LogP contribution in [0.25, 0.3) is 0 Å². The summed E-state index contributed by atoms with van der Waals surface area (Å²) in [5, 5.41) is 16.5. The van der Waals surface area contributed by atoms with E-state index in [1.807, 2.05) is 25.1 Å². The number of aliphatic carboxylic acids is 1. The van der Waals surface area contributed by atoms with Crippen LogP contribution in [0.4, 0.5) is 17.1 Å². The number of aromatic nitrogens is 2. The average Bonchev–Trinajstić information content (AvgIpc) is 3.68. The van der Waals surface area contributed by atoms with E-state index in [-0.39, 0.29) is 18.4 Å². The van der Waals surface area contributed by atoms with E-state index in [1.165, 1.54) is 12.8 Å². The summed E-state index contributed by atoms with van der Waals surface area (Å²) in [6, 6.07) is 6.84. The van der Waals surface area contributed by atoms with Gasteiger partial charge in [-0.1, -0.05) is 19.9 Å². The van der Waals surface area contributed by atoms with Crippen LogP contribution in [0.2, 0.25) is 0 Å². The monoisotopic (exact) mass is 468 g/mol. The normalized spacial score (nSPS) is 21.0. The van der Waals surface area contributed by atoms with Gasteiger partial charge in [0.25, 0.3) is 0 Å². The van der Waals surface area contributed by atoms with Crippen molar-refractivity contribution in [2.45, 2.75) is 76.9 Å². The van der Waals surface area contributed by atoms with Gasteiger partial charge in [-0.25, -0.2) is 9.97 Å². The Bertz CT molecular complexity index is 948. The molecule has 8 heteroatoms. The van der Waals surface area contributed by atoms with Gasteiger partial charge in [-0.2, -0.15) is 0 Å². The highest BCUT2D eigenvalue weighted by atomic mass is 16.5. The summed E-state index contributed by atoms with van der Waals surface area (Å²) < 4.78 is 11.5. The maximum atomic E-state index is 11.4. The van der Waals surface area contributed by atoms with Crippen molar-refractivity contribution in [2.24, 2.45) is 5.92 Å². The number of benzene rings is 1. The molecule has 8 nitrogen and oxygen atoms in total. The number of nitrogens with zero attached hydrogens (tertiary/aromatic N) is 2. The maximum Gasteiger partial charge on any atom is 0.316 e. The third-order valence-electron chi connectivity index (χ3n) is 6.66. The molecule has 2 aliphatic rings. The lowest BCUT2D eigenvalue weighted by molar-refractivity contribution is -0.137. The molecule has 1 aliphatic heterocycles. The van der Waals surface area contributed by atoms with E-state index in [0.29, 0.717) is 24.6 Å². The summed E-state index contributed by atoms with van der Waals surface area (Å²) >= 11 is 0. The number of carboxylic acid groups (broad SMARTS) is 1. The highest BCUT2D eigenvalue weighted by molar-refractivity contribution is 5.76. The lowest BCUT2D eigenvalue weighted by Gasteiger charge is -2.31. The smallest absolute Gasteiger partial charge is 0.316 e. The topological polar surface area (TPSA) is 106 Å². The third-order valence-corrected chi connectivity index (χ3v) is 6.66. The van der Waals surface area contributed by atoms with Gasteiger partial charge in [0.15, 0.2) is 0 Å². The molecule has 1 saturated carbocycles. The Kier molecular flexibility index (Phi) is 8.21. The van der Waals surface area contributed by atoms with E-state index >= 15 is 0 Å². The molecule has 2 fully saturated rings. The molecule has 2 heterocycles. The molecule has 34 heavy (non-hydrogen) atoms. The Morgan fingerprint density at radius 3 is 2.68 bits per heavy atom. The number of hydrogen-bond acceptors (Lipinski definition) is 7. The van der Waals surface area contributed by atoms with Crippen molar-refractivity contribution >= 4 is 23.0 Å². The van der Waals surface area contributed by atoms with Gasteiger partial charge >= 0.3 is 12.0 Å². The molecule has 1 aromatic heterocycles. The van der Waals surface area contributed by atoms with Gasteiger partial charge in [-0.05, 0) is 68.1 Å². The van der Waals surface area contributed by atoms with E-state index in [4.69, 9.17) is 9.47 Å². The first-order valence-corrected chi connectivity index (χ1v) is 12.5. The second kappa shape index (κ2) is 11.5. The third kappa shape index (κ3) is 6.82. The summed E-state index contributed by atoms with van der Waals surface area (Å²) in [7, 11) is 0. The van der Waals surface area contributed by atoms with Crippen molar-refractivity contribution < 1.29 is 19.4 Å². The molecule has 184 valence electrons. The molecule has 3 atom stereocenters. The highest BCUT2D eigenvalue weighted by Crippen LogP contribution is 2.34. The number of rotatable bonds is 12. The summed E-state index contributed by atoms with van der Waals surface area (Å²) in [4.78, 5) is 20.1. The lowest BCUT2D eigenvalue weighted by atomic mass is 9.92. The van der Waals surface area contributed by atoms with Crippen molar-refractivity contribution in [3.8, 4) is 6.01 Å². The van der Waals surface area contributed by atoms with E-state index in [2.05, 4.69) is 27.5 Å². The number of anilines is 3. The molecule has 3 N–H and O–H groups in total. The predicted molar refractivity (Wildman–Crippen MR) is 132 cm³/mol. The molecule has 1 saturated heterocycles. The predicted octanol–water partition coefficient (Wildman–Crippen LogP) is 5.35. The lowest BCUT2D eigenvalue weighted by Crippen LogP contribution is -2.33. The first-order valence-electron chi connectivity index (χ1n) is 12.5. The molecule has 1 aliphatic carbocycles. The zero-order valence-electron chi connectivity index (χ0n) is 20.1. The molecular weight excluding hydrogens is 432 g/mol. The number of ether oxygens (including phenoxy) is 2. The quantitative estimate of drug-likeness (QED) is 0.383. The number of nitrogens with one attached hydrogen (secondary N) is 2. The van der Waals surface area contributed by atoms with E-state index in [0.717, 1.165) is 54.9 Å². The van der Waals surface area contributed by atoms with Gasteiger partial charge in [0.2, 0.25) is 0 Å². The maximum absolute atomic E-state index is 11.4. The molecule has 1 aromatic carbocycles. The molecule has 4 rings (SSSR count). The molecular formula is C26H36N4O4. The minimum atomic E-state index is -0.786. The van der Waals surface area contributed by atoms with Crippen LogP contribution in [0.15, 0.2) is 30.6 Å². The standard InChI is InChI=1S/C26H36N4O4/c1-3-18(12-25(31)32)19-7-8-23(29-20-9-10-33-22(4-2)13-20)24(11-19)30-21-14-27-26(28-15-21)34-16-17-5-6-17/h7-8,11,14-15,17-18,20,22,29-30H,3-6,9-10,12-13,16H2,1-2H3,(H,31,32)/t18?,20?,22-/m0/s1. The van der Waals surface area contributed by atoms with Crippen LogP contribution in [-0.4, -0.2) is 46.4 Å². The van der Waals surface area contributed by atoms with Gasteiger partial charge in [-0.15, -0.1) is 0 Å². The van der Waals surface area contributed by atoms with Crippen molar-refractivity contribution in [2.75, 3.05) is 23.8 Å². The van der Waals surface area contributed by atoms with Crippen LogP contribution in [-0.2, 0) is 9.53 Å².